The van der Waals surface area contributed by atoms with Gasteiger partial charge in [-0.2, -0.15) is 0 Å². The van der Waals surface area contributed by atoms with E-state index in [1.54, 1.807) is 30.3 Å². The first-order chi connectivity index (χ1) is 12.1. The van der Waals surface area contributed by atoms with Crippen molar-refractivity contribution in [3.05, 3.63) is 47.9 Å². The smallest absolute Gasteiger partial charge is 0.251 e. The van der Waals surface area contributed by atoms with Crippen molar-refractivity contribution in [3.8, 4) is 11.5 Å². The summed E-state index contributed by atoms with van der Waals surface area (Å²) < 4.78 is 16.1. The molecule has 2 rings (SSSR count). The van der Waals surface area contributed by atoms with E-state index < -0.39 is 0 Å². The molecule has 134 valence electrons. The fraction of sp³-hybridized carbons (Fsp3) is 0.333. The molecule has 7 heteroatoms. The molecule has 25 heavy (non-hydrogen) atoms. The molecule has 1 heterocycles. The van der Waals surface area contributed by atoms with Gasteiger partial charge in [-0.1, -0.05) is 0 Å². The van der Waals surface area contributed by atoms with Crippen LogP contribution in [0.1, 0.15) is 30.0 Å². The molecule has 2 amide bonds. The third-order valence-corrected chi connectivity index (χ3v) is 3.25. The summed E-state index contributed by atoms with van der Waals surface area (Å²) >= 11 is 0. The molecule has 2 aromatic rings. The maximum atomic E-state index is 12.2. The Morgan fingerprint density at radius 3 is 2.48 bits per heavy atom. The molecule has 0 saturated heterocycles. The molecule has 0 radical (unpaired) electrons. The van der Waals surface area contributed by atoms with Crippen LogP contribution in [0.4, 0.5) is 0 Å². The standard InChI is InChI=1S/C18H22N2O5/c1-3-23-15-8-7-13(10-16(15)24-4-2)18(22)20-12-17(21)19-11-14-6-5-9-25-14/h5-10H,3-4,11-12H2,1-2H3,(H,19,21)(H,20,22). The number of benzene rings is 1. The second kappa shape index (κ2) is 9.36. The number of nitrogens with one attached hydrogen (secondary N) is 2. The minimum absolute atomic E-state index is 0.128. The summed E-state index contributed by atoms with van der Waals surface area (Å²) in [6.45, 7) is 4.83. The highest BCUT2D eigenvalue weighted by molar-refractivity contribution is 5.97. The Hall–Kier alpha value is -2.96. The van der Waals surface area contributed by atoms with Crippen molar-refractivity contribution in [2.75, 3.05) is 19.8 Å². The molecule has 0 fully saturated rings. The minimum Gasteiger partial charge on any atom is -0.490 e. The van der Waals surface area contributed by atoms with Gasteiger partial charge in [0.15, 0.2) is 11.5 Å². The quantitative estimate of drug-likeness (QED) is 0.726. The topological polar surface area (TPSA) is 89.8 Å². The Bertz CT molecular complexity index is 697. The van der Waals surface area contributed by atoms with Crippen molar-refractivity contribution in [3.63, 3.8) is 0 Å². The summed E-state index contributed by atoms with van der Waals surface area (Å²) in [5.41, 5.74) is 0.394. The van der Waals surface area contributed by atoms with Crippen molar-refractivity contribution in [2.45, 2.75) is 20.4 Å². The number of carbonyl (C=O) groups is 2. The lowest BCUT2D eigenvalue weighted by molar-refractivity contribution is -0.120. The third-order valence-electron chi connectivity index (χ3n) is 3.25. The Morgan fingerprint density at radius 1 is 1.04 bits per heavy atom. The minimum atomic E-state index is -0.364. The lowest BCUT2D eigenvalue weighted by Gasteiger charge is -2.12. The Labute approximate surface area is 146 Å². The first kappa shape index (κ1) is 18.4. The Balaban J connectivity index is 1.89. The SMILES string of the molecule is CCOc1ccc(C(=O)NCC(=O)NCc2ccco2)cc1OCC. The van der Waals surface area contributed by atoms with Gasteiger partial charge in [0, 0.05) is 5.56 Å². The van der Waals surface area contributed by atoms with E-state index in [-0.39, 0.29) is 24.9 Å². The zero-order chi connectivity index (χ0) is 18.1. The van der Waals surface area contributed by atoms with Gasteiger partial charge >= 0.3 is 0 Å². The van der Waals surface area contributed by atoms with E-state index >= 15 is 0 Å². The van der Waals surface area contributed by atoms with E-state index in [0.717, 1.165) is 0 Å². The molecule has 2 N–H and O–H groups in total. The molecular formula is C18H22N2O5. The average molecular weight is 346 g/mol. The zero-order valence-electron chi connectivity index (χ0n) is 14.3. The lowest BCUT2D eigenvalue weighted by atomic mass is 10.2. The predicted molar refractivity (Wildman–Crippen MR) is 91.7 cm³/mol. The summed E-state index contributed by atoms with van der Waals surface area (Å²) in [5.74, 6) is 1.06. The van der Waals surface area contributed by atoms with Gasteiger partial charge in [0.25, 0.3) is 5.91 Å². The van der Waals surface area contributed by atoms with Crippen molar-refractivity contribution in [1.29, 1.82) is 0 Å². The van der Waals surface area contributed by atoms with Crippen LogP contribution in [-0.4, -0.2) is 31.6 Å². The fourth-order valence-corrected chi connectivity index (χ4v) is 2.12. The number of rotatable bonds is 9. The number of furan rings is 1. The van der Waals surface area contributed by atoms with Crippen LogP contribution < -0.4 is 20.1 Å². The lowest BCUT2D eigenvalue weighted by Crippen LogP contribution is -2.36. The number of hydrogen-bond donors (Lipinski definition) is 2. The van der Waals surface area contributed by atoms with Crippen molar-refractivity contribution in [1.82, 2.24) is 10.6 Å². The van der Waals surface area contributed by atoms with Gasteiger partial charge in [0.05, 0.1) is 32.6 Å². The predicted octanol–water partition coefficient (Wildman–Crippen LogP) is 2.12. The Morgan fingerprint density at radius 2 is 1.80 bits per heavy atom. The normalized spacial score (nSPS) is 10.2. The summed E-state index contributed by atoms with van der Waals surface area (Å²) in [6.07, 6.45) is 1.53. The second-order valence-corrected chi connectivity index (χ2v) is 5.07. The molecule has 0 bridgehead atoms. The van der Waals surface area contributed by atoms with Gasteiger partial charge in [0.1, 0.15) is 5.76 Å². The van der Waals surface area contributed by atoms with Gasteiger partial charge in [-0.15, -0.1) is 0 Å². The highest BCUT2D eigenvalue weighted by Gasteiger charge is 2.12. The van der Waals surface area contributed by atoms with Crippen molar-refractivity contribution in [2.24, 2.45) is 0 Å². The molecular weight excluding hydrogens is 324 g/mol. The number of carbonyl (C=O) groups excluding carboxylic acids is 2. The van der Waals surface area contributed by atoms with E-state index in [1.807, 2.05) is 13.8 Å². The van der Waals surface area contributed by atoms with Crippen LogP contribution in [0.15, 0.2) is 41.0 Å². The summed E-state index contributed by atoms with van der Waals surface area (Å²) in [6, 6.07) is 8.41. The Kier molecular flexibility index (Phi) is 6.88. The highest BCUT2D eigenvalue weighted by Crippen LogP contribution is 2.28. The van der Waals surface area contributed by atoms with Crippen LogP contribution in [0.25, 0.3) is 0 Å². The van der Waals surface area contributed by atoms with Crippen LogP contribution in [0.2, 0.25) is 0 Å². The zero-order valence-corrected chi connectivity index (χ0v) is 14.3. The molecule has 0 aliphatic carbocycles. The van der Waals surface area contributed by atoms with Crippen LogP contribution in [0.5, 0.6) is 11.5 Å². The summed E-state index contributed by atoms with van der Waals surface area (Å²) in [4.78, 5) is 24.0. The maximum absolute atomic E-state index is 12.2. The molecule has 0 atom stereocenters. The maximum Gasteiger partial charge on any atom is 0.251 e. The van der Waals surface area contributed by atoms with Gasteiger partial charge < -0.3 is 24.5 Å². The average Bonchev–Trinajstić information content (AvgIpc) is 3.13. The van der Waals surface area contributed by atoms with Crippen molar-refractivity contribution < 1.29 is 23.5 Å². The molecule has 0 aliphatic heterocycles. The largest absolute Gasteiger partial charge is 0.490 e. The van der Waals surface area contributed by atoms with Gasteiger partial charge in [-0.3, -0.25) is 9.59 Å². The van der Waals surface area contributed by atoms with E-state index in [4.69, 9.17) is 13.9 Å². The first-order valence-electron chi connectivity index (χ1n) is 8.11. The number of ether oxygens (including phenoxy) is 2. The molecule has 0 saturated carbocycles. The van der Waals surface area contributed by atoms with Crippen LogP contribution in [0.3, 0.4) is 0 Å². The molecule has 0 aliphatic rings. The van der Waals surface area contributed by atoms with Gasteiger partial charge in [-0.25, -0.2) is 0 Å². The van der Waals surface area contributed by atoms with Crippen LogP contribution in [-0.2, 0) is 11.3 Å². The number of amides is 2. The van der Waals surface area contributed by atoms with E-state index in [0.29, 0.717) is 36.0 Å². The summed E-state index contributed by atoms with van der Waals surface area (Å²) in [7, 11) is 0. The summed E-state index contributed by atoms with van der Waals surface area (Å²) in [5, 5.41) is 5.23. The van der Waals surface area contributed by atoms with Gasteiger partial charge in [-0.05, 0) is 44.2 Å². The fourth-order valence-electron chi connectivity index (χ4n) is 2.12. The third kappa shape index (κ3) is 5.56. The molecule has 1 aromatic heterocycles. The van der Waals surface area contributed by atoms with Crippen molar-refractivity contribution >= 4 is 11.8 Å². The van der Waals surface area contributed by atoms with Crippen LogP contribution in [0, 0.1) is 0 Å². The van der Waals surface area contributed by atoms with Gasteiger partial charge in [0.2, 0.25) is 5.91 Å². The molecule has 1 aromatic carbocycles. The van der Waals surface area contributed by atoms with E-state index in [9.17, 15) is 9.59 Å². The molecule has 7 nitrogen and oxygen atoms in total. The highest BCUT2D eigenvalue weighted by atomic mass is 16.5. The molecule has 0 spiro atoms. The van der Waals surface area contributed by atoms with Crippen LogP contribution >= 0.6 is 0 Å². The first-order valence-corrected chi connectivity index (χ1v) is 8.11. The van der Waals surface area contributed by atoms with E-state index in [2.05, 4.69) is 10.6 Å². The monoisotopic (exact) mass is 346 g/mol. The second-order valence-electron chi connectivity index (χ2n) is 5.07. The number of hydrogen-bond acceptors (Lipinski definition) is 5. The molecule has 0 unspecified atom stereocenters. The van der Waals surface area contributed by atoms with E-state index in [1.165, 1.54) is 6.26 Å².